The summed E-state index contributed by atoms with van der Waals surface area (Å²) in [6.45, 7) is 2.13. The molecule has 2 aromatic carbocycles. The minimum Gasteiger partial charge on any atom is -0.347 e. The third-order valence-electron chi connectivity index (χ3n) is 4.69. The molecule has 0 bridgehead atoms. The van der Waals surface area contributed by atoms with E-state index in [1.807, 2.05) is 19.1 Å². The molecule has 10 heteroatoms. The lowest BCUT2D eigenvalue weighted by molar-refractivity contribution is -0.124. The van der Waals surface area contributed by atoms with Gasteiger partial charge in [0.25, 0.3) is 0 Å². The van der Waals surface area contributed by atoms with Gasteiger partial charge in [-0.2, -0.15) is 0 Å². The number of carbonyl (C=O) groups excluding carboxylic acids is 2. The summed E-state index contributed by atoms with van der Waals surface area (Å²) in [5.41, 5.74) is 0.735. The summed E-state index contributed by atoms with van der Waals surface area (Å²) >= 11 is 0. The van der Waals surface area contributed by atoms with Crippen molar-refractivity contribution in [3.8, 4) is 0 Å². The second-order valence-electron chi connectivity index (χ2n) is 6.87. The highest BCUT2D eigenvalue weighted by Gasteiger charge is 2.16. The SMILES string of the molecule is CCCn1c(=O)n(CCC(=O)NCC(=O)Nc2ccc(F)c(F)c2F)c2ccccc21. The summed E-state index contributed by atoms with van der Waals surface area (Å²) in [5.74, 6) is -5.91. The summed E-state index contributed by atoms with van der Waals surface area (Å²) in [7, 11) is 0. The molecule has 0 saturated carbocycles. The molecular formula is C21H21F3N4O3. The molecule has 0 saturated heterocycles. The van der Waals surface area contributed by atoms with Gasteiger partial charge in [0.1, 0.15) is 0 Å². The molecule has 7 nitrogen and oxygen atoms in total. The number of halogens is 3. The molecule has 0 fully saturated rings. The van der Waals surface area contributed by atoms with Gasteiger partial charge in [0.2, 0.25) is 11.8 Å². The van der Waals surface area contributed by atoms with Gasteiger partial charge in [-0.1, -0.05) is 19.1 Å². The number of nitrogens with zero attached hydrogens (tertiary/aromatic N) is 2. The Labute approximate surface area is 175 Å². The number of para-hydroxylation sites is 2. The van der Waals surface area contributed by atoms with Crippen molar-refractivity contribution in [3.63, 3.8) is 0 Å². The first-order chi connectivity index (χ1) is 14.8. The summed E-state index contributed by atoms with van der Waals surface area (Å²) in [6, 6.07) is 8.83. The van der Waals surface area contributed by atoms with Crippen molar-refractivity contribution in [2.45, 2.75) is 32.9 Å². The molecule has 0 atom stereocenters. The van der Waals surface area contributed by atoms with E-state index in [0.717, 1.165) is 18.0 Å². The summed E-state index contributed by atoms with van der Waals surface area (Å²) in [6.07, 6.45) is 0.717. The van der Waals surface area contributed by atoms with Gasteiger partial charge < -0.3 is 10.6 Å². The highest BCUT2D eigenvalue weighted by molar-refractivity contribution is 5.94. The number of nitrogens with one attached hydrogen (secondary N) is 2. The van der Waals surface area contributed by atoms with Crippen molar-refractivity contribution in [2.75, 3.05) is 11.9 Å². The number of fused-ring (bicyclic) bond motifs is 1. The van der Waals surface area contributed by atoms with Gasteiger partial charge in [-0.25, -0.2) is 18.0 Å². The summed E-state index contributed by atoms with van der Waals surface area (Å²) in [4.78, 5) is 36.7. The fraction of sp³-hybridized carbons (Fsp3) is 0.286. The first-order valence-corrected chi connectivity index (χ1v) is 9.71. The lowest BCUT2D eigenvalue weighted by Gasteiger charge is -2.09. The first kappa shape index (κ1) is 22.1. The molecule has 3 rings (SSSR count). The van der Waals surface area contributed by atoms with Crippen LogP contribution in [-0.2, 0) is 22.7 Å². The lowest BCUT2D eigenvalue weighted by atomic mass is 10.2. The second kappa shape index (κ2) is 9.50. The van der Waals surface area contributed by atoms with Crippen molar-refractivity contribution in [3.05, 3.63) is 64.3 Å². The number of amides is 2. The average molecular weight is 434 g/mol. The van der Waals surface area contributed by atoms with Crippen LogP contribution in [-0.4, -0.2) is 27.5 Å². The molecule has 0 aliphatic heterocycles. The Morgan fingerprint density at radius 1 is 0.903 bits per heavy atom. The molecule has 3 aromatic rings. The zero-order chi connectivity index (χ0) is 22.5. The topological polar surface area (TPSA) is 85.1 Å². The number of rotatable bonds is 8. The van der Waals surface area contributed by atoms with Crippen LogP contribution in [0.2, 0.25) is 0 Å². The zero-order valence-electron chi connectivity index (χ0n) is 16.8. The number of aryl methyl sites for hydroxylation is 2. The van der Waals surface area contributed by atoms with E-state index >= 15 is 0 Å². The predicted octanol–water partition coefficient (Wildman–Crippen LogP) is 2.78. The summed E-state index contributed by atoms with van der Waals surface area (Å²) < 4.78 is 42.9. The van der Waals surface area contributed by atoms with Gasteiger partial charge >= 0.3 is 5.69 Å². The number of aromatic nitrogens is 2. The van der Waals surface area contributed by atoms with E-state index in [1.54, 1.807) is 16.7 Å². The molecule has 0 aliphatic carbocycles. The number of anilines is 1. The van der Waals surface area contributed by atoms with Gasteiger partial charge in [0, 0.05) is 19.5 Å². The molecule has 0 radical (unpaired) electrons. The minimum atomic E-state index is -1.70. The normalized spacial score (nSPS) is 11.0. The zero-order valence-corrected chi connectivity index (χ0v) is 16.8. The van der Waals surface area contributed by atoms with Crippen LogP contribution in [0.1, 0.15) is 19.8 Å². The largest absolute Gasteiger partial charge is 0.347 e. The fourth-order valence-electron chi connectivity index (χ4n) is 3.23. The van der Waals surface area contributed by atoms with Gasteiger partial charge in [-0.05, 0) is 30.7 Å². The lowest BCUT2D eigenvalue weighted by Crippen LogP contribution is -2.34. The van der Waals surface area contributed by atoms with E-state index in [1.165, 1.54) is 4.57 Å². The Hall–Kier alpha value is -3.56. The molecule has 31 heavy (non-hydrogen) atoms. The maximum atomic E-state index is 13.6. The third-order valence-corrected chi connectivity index (χ3v) is 4.69. The maximum Gasteiger partial charge on any atom is 0.329 e. The molecule has 2 N–H and O–H groups in total. The number of hydrogen-bond acceptors (Lipinski definition) is 3. The number of carbonyl (C=O) groups is 2. The molecule has 1 heterocycles. The van der Waals surface area contributed by atoms with Crippen LogP contribution in [0, 0.1) is 17.5 Å². The minimum absolute atomic E-state index is 0.0626. The molecule has 164 valence electrons. The van der Waals surface area contributed by atoms with Crippen LogP contribution >= 0.6 is 0 Å². The van der Waals surface area contributed by atoms with Gasteiger partial charge in [0.05, 0.1) is 23.3 Å². The standard InChI is InChI=1S/C21H21F3N4O3/c1-2-10-27-15-5-3-4-6-16(15)28(21(27)31)11-9-17(29)25-12-18(30)26-14-8-7-13(22)19(23)20(14)24/h3-8H,2,9-12H2,1H3,(H,25,29)(H,26,30). The van der Waals surface area contributed by atoms with Crippen molar-refractivity contribution >= 4 is 28.5 Å². The van der Waals surface area contributed by atoms with Crippen molar-refractivity contribution in [1.82, 2.24) is 14.5 Å². The first-order valence-electron chi connectivity index (χ1n) is 9.71. The van der Waals surface area contributed by atoms with Gasteiger partial charge in [0.15, 0.2) is 17.5 Å². The number of hydrogen-bond donors (Lipinski definition) is 2. The van der Waals surface area contributed by atoms with Crippen molar-refractivity contribution in [1.29, 1.82) is 0 Å². The van der Waals surface area contributed by atoms with E-state index in [0.29, 0.717) is 18.1 Å². The molecule has 0 unspecified atom stereocenters. The van der Waals surface area contributed by atoms with Crippen LogP contribution in [0.3, 0.4) is 0 Å². The average Bonchev–Trinajstić information content (AvgIpc) is 3.02. The van der Waals surface area contributed by atoms with Crippen LogP contribution in [0.15, 0.2) is 41.2 Å². The Balaban J connectivity index is 1.59. The van der Waals surface area contributed by atoms with Crippen LogP contribution in [0.4, 0.5) is 18.9 Å². The second-order valence-corrected chi connectivity index (χ2v) is 6.87. The quantitative estimate of drug-likeness (QED) is 0.535. The van der Waals surface area contributed by atoms with E-state index in [2.05, 4.69) is 10.6 Å². The summed E-state index contributed by atoms with van der Waals surface area (Å²) in [5, 5.41) is 4.42. The van der Waals surface area contributed by atoms with Gasteiger partial charge in [-0.15, -0.1) is 0 Å². The van der Waals surface area contributed by atoms with E-state index in [-0.39, 0.29) is 18.7 Å². The molecule has 0 spiro atoms. The van der Waals surface area contributed by atoms with Crippen molar-refractivity contribution in [2.24, 2.45) is 0 Å². The van der Waals surface area contributed by atoms with E-state index < -0.39 is 41.5 Å². The molecule has 0 aliphatic rings. The Morgan fingerprint density at radius 2 is 1.55 bits per heavy atom. The predicted molar refractivity (Wildman–Crippen MR) is 109 cm³/mol. The van der Waals surface area contributed by atoms with Crippen LogP contribution in [0.5, 0.6) is 0 Å². The van der Waals surface area contributed by atoms with E-state index in [4.69, 9.17) is 0 Å². The Kier molecular flexibility index (Phi) is 6.78. The van der Waals surface area contributed by atoms with Crippen molar-refractivity contribution < 1.29 is 22.8 Å². The molecular weight excluding hydrogens is 413 g/mol. The fourth-order valence-corrected chi connectivity index (χ4v) is 3.23. The monoisotopic (exact) mass is 434 g/mol. The highest BCUT2D eigenvalue weighted by Crippen LogP contribution is 2.19. The molecule has 2 amide bonds. The number of benzene rings is 2. The van der Waals surface area contributed by atoms with Gasteiger partial charge in [-0.3, -0.25) is 18.7 Å². The van der Waals surface area contributed by atoms with E-state index in [9.17, 15) is 27.6 Å². The maximum absolute atomic E-state index is 13.6. The molecule has 1 aromatic heterocycles. The Bertz CT molecular complexity index is 1190. The number of imidazole rings is 1. The van der Waals surface area contributed by atoms with Crippen LogP contribution < -0.4 is 16.3 Å². The van der Waals surface area contributed by atoms with Crippen LogP contribution in [0.25, 0.3) is 11.0 Å². The Morgan fingerprint density at radius 3 is 2.19 bits per heavy atom. The third kappa shape index (κ3) is 4.79. The smallest absolute Gasteiger partial charge is 0.329 e. The highest BCUT2D eigenvalue weighted by atomic mass is 19.2.